The predicted octanol–water partition coefficient (Wildman–Crippen LogP) is -0.0566. The van der Waals surface area contributed by atoms with Gasteiger partial charge in [-0.25, -0.2) is 4.98 Å². The molecule has 1 fully saturated rings. The molecule has 0 bridgehead atoms. The van der Waals surface area contributed by atoms with Gasteiger partial charge in [0.05, 0.1) is 0 Å². The van der Waals surface area contributed by atoms with Crippen LogP contribution in [0.2, 0.25) is 0 Å². The lowest BCUT2D eigenvalue weighted by Gasteiger charge is -2.21. The zero-order valence-electron chi connectivity index (χ0n) is 8.81. The smallest absolute Gasteiger partial charge is 0.290 e. The molecule has 0 aliphatic carbocycles. The van der Waals surface area contributed by atoms with Gasteiger partial charge in [0.15, 0.2) is 5.82 Å². The van der Waals surface area contributed by atoms with Gasteiger partial charge in [0, 0.05) is 25.0 Å². The first-order valence-electron chi connectivity index (χ1n) is 5.22. The number of hydrogen-bond donors (Lipinski definition) is 2. The number of aromatic nitrogens is 2. The van der Waals surface area contributed by atoms with Crippen LogP contribution in [-0.2, 0) is 0 Å². The monoisotopic (exact) mass is 208 g/mol. The number of anilines is 1. The summed E-state index contributed by atoms with van der Waals surface area (Å²) < 4.78 is 0. The van der Waals surface area contributed by atoms with E-state index in [-0.39, 0.29) is 5.56 Å². The van der Waals surface area contributed by atoms with Crippen molar-refractivity contribution in [2.75, 3.05) is 18.0 Å². The van der Waals surface area contributed by atoms with Crippen LogP contribution < -0.4 is 16.2 Å². The summed E-state index contributed by atoms with van der Waals surface area (Å²) in [4.78, 5) is 20.4. The summed E-state index contributed by atoms with van der Waals surface area (Å²) in [7, 11) is 0. The molecule has 0 aromatic carbocycles. The van der Waals surface area contributed by atoms with E-state index >= 15 is 0 Å². The van der Waals surface area contributed by atoms with E-state index in [2.05, 4.69) is 16.9 Å². The summed E-state index contributed by atoms with van der Waals surface area (Å²) in [6, 6.07) is 0.342. The Morgan fingerprint density at radius 1 is 1.73 bits per heavy atom. The second kappa shape index (κ2) is 4.02. The molecule has 1 aromatic rings. The average Bonchev–Trinajstić information content (AvgIpc) is 2.60. The summed E-state index contributed by atoms with van der Waals surface area (Å²) in [5, 5.41) is 0. The van der Waals surface area contributed by atoms with Crippen molar-refractivity contribution in [2.24, 2.45) is 11.7 Å². The molecule has 3 N–H and O–H groups in total. The fourth-order valence-electron chi connectivity index (χ4n) is 2.16. The van der Waals surface area contributed by atoms with Crippen molar-refractivity contribution < 1.29 is 0 Å². The molecule has 1 aromatic heterocycles. The Kier molecular flexibility index (Phi) is 2.73. The highest BCUT2D eigenvalue weighted by Crippen LogP contribution is 2.24. The first-order chi connectivity index (χ1) is 7.22. The molecule has 0 amide bonds. The molecule has 1 aliphatic rings. The van der Waals surface area contributed by atoms with Gasteiger partial charge in [-0.05, 0) is 25.8 Å². The Bertz CT molecular complexity index is 389. The van der Waals surface area contributed by atoms with Crippen LogP contribution in [0.25, 0.3) is 0 Å². The number of H-pyrrole nitrogens is 1. The normalized spacial score (nSPS) is 25.9. The maximum Gasteiger partial charge on any atom is 0.290 e. The van der Waals surface area contributed by atoms with Crippen LogP contribution in [0.3, 0.4) is 0 Å². The SMILES string of the molecule is CC1CC(CN)CN1c1ncc[nH]c1=O. The third-order valence-electron chi connectivity index (χ3n) is 2.96. The Morgan fingerprint density at radius 2 is 2.53 bits per heavy atom. The van der Waals surface area contributed by atoms with Crippen molar-refractivity contribution in [1.29, 1.82) is 0 Å². The standard InChI is InChI=1S/C10H16N4O/c1-7-4-8(5-11)6-14(7)9-10(15)13-3-2-12-9/h2-3,7-8H,4-6,11H2,1H3,(H,13,15). The van der Waals surface area contributed by atoms with Gasteiger partial charge in [0.25, 0.3) is 5.56 Å². The van der Waals surface area contributed by atoms with Gasteiger partial charge in [-0.2, -0.15) is 0 Å². The summed E-state index contributed by atoms with van der Waals surface area (Å²) >= 11 is 0. The molecule has 1 aliphatic heterocycles. The van der Waals surface area contributed by atoms with Gasteiger partial charge in [-0.3, -0.25) is 4.79 Å². The highest BCUT2D eigenvalue weighted by atomic mass is 16.1. The van der Waals surface area contributed by atoms with Crippen LogP contribution in [0.15, 0.2) is 17.2 Å². The van der Waals surface area contributed by atoms with Crippen LogP contribution in [-0.4, -0.2) is 29.1 Å². The lowest BCUT2D eigenvalue weighted by atomic mass is 10.1. The summed E-state index contributed by atoms with van der Waals surface area (Å²) in [6.07, 6.45) is 4.19. The minimum atomic E-state index is -0.123. The molecule has 0 radical (unpaired) electrons. The van der Waals surface area contributed by atoms with Gasteiger partial charge in [-0.15, -0.1) is 0 Å². The molecule has 2 heterocycles. The van der Waals surface area contributed by atoms with Gasteiger partial charge in [0.1, 0.15) is 0 Å². The van der Waals surface area contributed by atoms with E-state index < -0.39 is 0 Å². The molecule has 0 saturated carbocycles. The van der Waals surface area contributed by atoms with E-state index in [9.17, 15) is 4.79 Å². The van der Waals surface area contributed by atoms with E-state index in [0.29, 0.717) is 24.3 Å². The maximum absolute atomic E-state index is 11.6. The van der Waals surface area contributed by atoms with Crippen LogP contribution >= 0.6 is 0 Å². The quantitative estimate of drug-likeness (QED) is 0.714. The van der Waals surface area contributed by atoms with Gasteiger partial charge < -0.3 is 15.6 Å². The zero-order chi connectivity index (χ0) is 10.8. The van der Waals surface area contributed by atoms with Crippen molar-refractivity contribution in [2.45, 2.75) is 19.4 Å². The van der Waals surface area contributed by atoms with E-state index in [1.807, 2.05) is 4.90 Å². The summed E-state index contributed by atoms with van der Waals surface area (Å²) in [6.45, 7) is 3.60. The first-order valence-corrected chi connectivity index (χ1v) is 5.22. The van der Waals surface area contributed by atoms with E-state index in [4.69, 9.17) is 5.73 Å². The summed E-state index contributed by atoms with van der Waals surface area (Å²) in [5.41, 5.74) is 5.52. The third kappa shape index (κ3) is 1.87. The Hall–Kier alpha value is -1.36. The highest BCUT2D eigenvalue weighted by molar-refractivity contribution is 5.38. The fourth-order valence-corrected chi connectivity index (χ4v) is 2.16. The molecule has 2 rings (SSSR count). The van der Waals surface area contributed by atoms with Crippen LogP contribution in [0.4, 0.5) is 5.82 Å². The van der Waals surface area contributed by atoms with Crippen molar-refractivity contribution in [1.82, 2.24) is 9.97 Å². The van der Waals surface area contributed by atoms with Gasteiger partial charge >= 0.3 is 0 Å². The number of nitrogens with one attached hydrogen (secondary N) is 1. The molecule has 2 atom stereocenters. The van der Waals surface area contributed by atoms with Crippen molar-refractivity contribution >= 4 is 5.82 Å². The Labute approximate surface area is 88.3 Å². The second-order valence-corrected chi connectivity index (χ2v) is 4.08. The molecule has 5 nitrogen and oxygen atoms in total. The minimum absolute atomic E-state index is 0.123. The van der Waals surface area contributed by atoms with Crippen molar-refractivity contribution in [3.8, 4) is 0 Å². The average molecular weight is 208 g/mol. The fraction of sp³-hybridized carbons (Fsp3) is 0.600. The third-order valence-corrected chi connectivity index (χ3v) is 2.96. The number of aromatic amines is 1. The molecule has 15 heavy (non-hydrogen) atoms. The Morgan fingerprint density at radius 3 is 3.13 bits per heavy atom. The zero-order valence-corrected chi connectivity index (χ0v) is 8.81. The van der Waals surface area contributed by atoms with E-state index in [1.165, 1.54) is 0 Å². The lowest BCUT2D eigenvalue weighted by molar-refractivity contribution is 0.579. The molecule has 2 unspecified atom stereocenters. The second-order valence-electron chi connectivity index (χ2n) is 4.08. The molecular formula is C10H16N4O. The van der Waals surface area contributed by atoms with Crippen molar-refractivity contribution in [3.05, 3.63) is 22.7 Å². The highest BCUT2D eigenvalue weighted by Gasteiger charge is 2.30. The Balaban J connectivity index is 2.25. The minimum Gasteiger partial charge on any atom is -0.349 e. The van der Waals surface area contributed by atoms with Gasteiger partial charge in [-0.1, -0.05) is 0 Å². The molecule has 82 valence electrons. The van der Waals surface area contributed by atoms with E-state index in [1.54, 1.807) is 12.4 Å². The molecular weight excluding hydrogens is 192 g/mol. The number of nitrogens with two attached hydrogens (primary N) is 1. The molecule has 0 spiro atoms. The lowest BCUT2D eigenvalue weighted by Crippen LogP contribution is -2.33. The number of hydrogen-bond acceptors (Lipinski definition) is 4. The predicted molar refractivity (Wildman–Crippen MR) is 58.8 cm³/mol. The first kappa shape index (κ1) is 10.2. The largest absolute Gasteiger partial charge is 0.349 e. The number of rotatable bonds is 2. The molecule has 1 saturated heterocycles. The van der Waals surface area contributed by atoms with Crippen LogP contribution in [0, 0.1) is 5.92 Å². The number of nitrogens with zero attached hydrogens (tertiary/aromatic N) is 2. The van der Waals surface area contributed by atoms with Gasteiger partial charge in [0.2, 0.25) is 0 Å². The topological polar surface area (TPSA) is 75.0 Å². The maximum atomic E-state index is 11.6. The van der Waals surface area contributed by atoms with Crippen LogP contribution in [0.1, 0.15) is 13.3 Å². The van der Waals surface area contributed by atoms with Crippen LogP contribution in [0.5, 0.6) is 0 Å². The van der Waals surface area contributed by atoms with E-state index in [0.717, 1.165) is 13.0 Å². The summed E-state index contributed by atoms with van der Waals surface area (Å²) in [5.74, 6) is 0.988. The van der Waals surface area contributed by atoms with Crippen molar-refractivity contribution in [3.63, 3.8) is 0 Å². The molecule has 5 heteroatoms.